The number of nitrogens with zero attached hydrogens (tertiary/aromatic N) is 1. The fraction of sp³-hybridized carbons (Fsp3) is 0.364. The molecule has 1 aromatic carbocycles. The summed E-state index contributed by atoms with van der Waals surface area (Å²) in [5.74, 6) is 0.496. The number of hydrogen-bond acceptors (Lipinski definition) is 2. The van der Waals surface area contributed by atoms with Gasteiger partial charge in [-0.05, 0) is 18.9 Å². The summed E-state index contributed by atoms with van der Waals surface area (Å²) in [6.45, 7) is 0. The summed E-state index contributed by atoms with van der Waals surface area (Å²) in [5.41, 5.74) is 0.977. The van der Waals surface area contributed by atoms with Crippen molar-refractivity contribution in [2.45, 2.75) is 18.9 Å². The van der Waals surface area contributed by atoms with Gasteiger partial charge in [0.25, 0.3) is 0 Å². The summed E-state index contributed by atoms with van der Waals surface area (Å²) in [5, 5.41) is 8.88. The number of ether oxygens (including phenoxy) is 1. The quantitative estimate of drug-likeness (QED) is 0.724. The molecule has 2 nitrogen and oxygen atoms in total. The smallest absolute Gasteiger partial charge is 0.145 e. The molecule has 0 spiro atoms. The van der Waals surface area contributed by atoms with E-state index in [0.717, 1.165) is 18.4 Å². The van der Waals surface area contributed by atoms with Crippen LogP contribution < -0.4 is 4.74 Å². The van der Waals surface area contributed by atoms with E-state index >= 15 is 0 Å². The van der Waals surface area contributed by atoms with Crippen LogP contribution in [0.25, 0.3) is 0 Å². The summed E-state index contributed by atoms with van der Waals surface area (Å²) in [7, 11) is 0. The number of rotatable bonds is 0. The van der Waals surface area contributed by atoms with E-state index in [2.05, 4.69) is 15.9 Å². The predicted octanol–water partition coefficient (Wildman–Crippen LogP) is 2.78. The zero-order valence-corrected chi connectivity index (χ0v) is 9.34. The van der Waals surface area contributed by atoms with Crippen LogP contribution in [0.2, 0.25) is 0 Å². The van der Waals surface area contributed by atoms with Crippen LogP contribution in [0, 0.1) is 23.1 Å². The zero-order valence-electron chi connectivity index (χ0n) is 7.76. The molecular formula is C11H7BrFNO. The Balaban J connectivity index is 2.23. The zero-order chi connectivity index (χ0) is 10.6. The fourth-order valence-electron chi connectivity index (χ4n) is 2.06. The monoisotopic (exact) mass is 267 g/mol. The van der Waals surface area contributed by atoms with Gasteiger partial charge in [0.05, 0.1) is 0 Å². The van der Waals surface area contributed by atoms with Gasteiger partial charge in [-0.2, -0.15) is 5.26 Å². The van der Waals surface area contributed by atoms with Gasteiger partial charge in [-0.25, -0.2) is 4.39 Å². The van der Waals surface area contributed by atoms with E-state index in [4.69, 9.17) is 10.00 Å². The molecular weight excluding hydrogens is 261 g/mol. The number of halogens is 2. The van der Waals surface area contributed by atoms with E-state index in [9.17, 15) is 4.39 Å². The van der Waals surface area contributed by atoms with Crippen LogP contribution in [0.15, 0.2) is 10.5 Å². The minimum absolute atomic E-state index is 0.0403. The molecule has 1 fully saturated rings. The average Bonchev–Trinajstić information content (AvgIpc) is 2.94. The van der Waals surface area contributed by atoms with Crippen molar-refractivity contribution >= 4 is 15.9 Å². The molecule has 2 aliphatic rings. The Hall–Kier alpha value is -1.08. The topological polar surface area (TPSA) is 33.0 Å². The van der Waals surface area contributed by atoms with Gasteiger partial charge in [0, 0.05) is 16.0 Å². The highest BCUT2D eigenvalue weighted by molar-refractivity contribution is 9.10. The van der Waals surface area contributed by atoms with Gasteiger partial charge in [-0.3, -0.25) is 0 Å². The van der Waals surface area contributed by atoms with Crippen LogP contribution in [-0.2, 0) is 6.42 Å². The van der Waals surface area contributed by atoms with E-state index in [1.807, 2.05) is 6.07 Å². The summed E-state index contributed by atoms with van der Waals surface area (Å²) in [6.07, 6.45) is 2.11. The number of fused-ring (bicyclic) bond motifs is 2. The van der Waals surface area contributed by atoms with Gasteiger partial charge in [0.15, 0.2) is 0 Å². The molecule has 2 atom stereocenters. The molecule has 1 aliphatic carbocycles. The van der Waals surface area contributed by atoms with Gasteiger partial charge in [-0.1, -0.05) is 15.9 Å². The summed E-state index contributed by atoms with van der Waals surface area (Å²) >= 11 is 3.31. The van der Waals surface area contributed by atoms with E-state index in [-0.39, 0.29) is 11.7 Å². The van der Waals surface area contributed by atoms with Crippen molar-refractivity contribution in [1.82, 2.24) is 0 Å². The van der Waals surface area contributed by atoms with E-state index in [0.29, 0.717) is 16.1 Å². The third-order valence-corrected chi connectivity index (χ3v) is 3.69. The number of benzene rings is 1. The van der Waals surface area contributed by atoms with Crippen LogP contribution in [0.4, 0.5) is 4.39 Å². The third-order valence-electron chi connectivity index (χ3n) is 2.99. The van der Waals surface area contributed by atoms with Crippen molar-refractivity contribution < 1.29 is 9.13 Å². The first kappa shape index (κ1) is 9.17. The molecule has 1 aliphatic heterocycles. The van der Waals surface area contributed by atoms with Crippen LogP contribution in [0.5, 0.6) is 5.75 Å². The lowest BCUT2D eigenvalue weighted by Crippen LogP contribution is -2.13. The molecule has 0 saturated heterocycles. The molecule has 3 rings (SSSR count). The number of hydrogen-bond donors (Lipinski definition) is 0. The highest BCUT2D eigenvalue weighted by atomic mass is 79.9. The molecule has 0 radical (unpaired) electrons. The normalized spacial score (nSPS) is 25.9. The Morgan fingerprint density at radius 1 is 1.60 bits per heavy atom. The predicted molar refractivity (Wildman–Crippen MR) is 55.0 cm³/mol. The summed E-state index contributed by atoms with van der Waals surface area (Å²) in [6, 6.07) is 3.22. The molecule has 0 bridgehead atoms. The van der Waals surface area contributed by atoms with Gasteiger partial charge >= 0.3 is 0 Å². The summed E-state index contributed by atoms with van der Waals surface area (Å²) < 4.78 is 19.8. The first-order chi connectivity index (χ1) is 7.20. The van der Waals surface area contributed by atoms with Crippen molar-refractivity contribution in [1.29, 1.82) is 5.26 Å². The second-order valence-electron chi connectivity index (χ2n) is 3.99. The molecule has 4 heteroatoms. The maximum absolute atomic E-state index is 13.4. The van der Waals surface area contributed by atoms with Gasteiger partial charge < -0.3 is 4.74 Å². The van der Waals surface area contributed by atoms with Crippen LogP contribution in [0.3, 0.4) is 0 Å². The highest BCUT2D eigenvalue weighted by Crippen LogP contribution is 2.48. The standard InChI is InChI=1S/C11H7BrFNO/c12-8-3-9(13)7(4-14)11-6(8)1-5-2-10(5)15-11/h3,5,10H,1-2H2. The lowest BCUT2D eigenvalue weighted by Gasteiger charge is -2.19. The first-order valence-electron chi connectivity index (χ1n) is 4.78. The molecule has 76 valence electrons. The first-order valence-corrected chi connectivity index (χ1v) is 5.57. The highest BCUT2D eigenvalue weighted by Gasteiger charge is 2.45. The summed E-state index contributed by atoms with van der Waals surface area (Å²) in [4.78, 5) is 0. The lowest BCUT2D eigenvalue weighted by atomic mass is 10.0. The average molecular weight is 268 g/mol. The Bertz CT molecular complexity index is 494. The maximum Gasteiger partial charge on any atom is 0.145 e. The van der Waals surface area contributed by atoms with Gasteiger partial charge in [0.1, 0.15) is 29.3 Å². The van der Waals surface area contributed by atoms with E-state index in [1.54, 1.807) is 0 Å². The van der Waals surface area contributed by atoms with Crippen molar-refractivity contribution in [3.63, 3.8) is 0 Å². The van der Waals surface area contributed by atoms with Crippen molar-refractivity contribution in [3.05, 3.63) is 27.5 Å². The van der Waals surface area contributed by atoms with Crippen molar-refractivity contribution in [3.8, 4) is 11.8 Å². The van der Waals surface area contributed by atoms with Crippen molar-refractivity contribution in [2.24, 2.45) is 5.92 Å². The van der Waals surface area contributed by atoms with Crippen LogP contribution in [0.1, 0.15) is 17.5 Å². The molecule has 15 heavy (non-hydrogen) atoms. The van der Waals surface area contributed by atoms with Crippen LogP contribution >= 0.6 is 15.9 Å². The molecule has 1 aromatic rings. The molecule has 1 heterocycles. The van der Waals surface area contributed by atoms with E-state index in [1.165, 1.54) is 6.07 Å². The fourth-order valence-corrected chi connectivity index (χ4v) is 2.60. The Kier molecular flexibility index (Phi) is 1.81. The Labute approximate surface area is 94.8 Å². The van der Waals surface area contributed by atoms with E-state index < -0.39 is 5.82 Å². The molecule has 0 N–H and O–H groups in total. The third kappa shape index (κ3) is 1.26. The van der Waals surface area contributed by atoms with Gasteiger partial charge in [0.2, 0.25) is 0 Å². The molecule has 0 amide bonds. The maximum atomic E-state index is 13.4. The molecule has 1 saturated carbocycles. The van der Waals surface area contributed by atoms with Crippen LogP contribution in [-0.4, -0.2) is 6.10 Å². The minimum atomic E-state index is -0.512. The molecule has 2 unspecified atom stereocenters. The number of nitriles is 1. The lowest BCUT2D eigenvalue weighted by molar-refractivity contribution is 0.262. The molecule has 0 aromatic heterocycles. The SMILES string of the molecule is N#Cc1c(F)cc(Br)c2c1OC1CC1C2. The minimum Gasteiger partial charge on any atom is -0.488 e. The van der Waals surface area contributed by atoms with Gasteiger partial charge in [-0.15, -0.1) is 0 Å². The Morgan fingerprint density at radius 3 is 3.13 bits per heavy atom. The van der Waals surface area contributed by atoms with Crippen molar-refractivity contribution in [2.75, 3.05) is 0 Å². The second kappa shape index (κ2) is 2.96. The second-order valence-corrected chi connectivity index (χ2v) is 4.85. The Morgan fingerprint density at radius 2 is 2.40 bits per heavy atom. The largest absolute Gasteiger partial charge is 0.488 e.